The van der Waals surface area contributed by atoms with Crippen LogP contribution in [-0.4, -0.2) is 38.6 Å². The number of aromatic nitrogens is 1. The molecule has 0 radical (unpaired) electrons. The van der Waals surface area contributed by atoms with Crippen LogP contribution in [0.1, 0.15) is 24.3 Å². The maximum atomic E-state index is 14.2. The van der Waals surface area contributed by atoms with Gasteiger partial charge < -0.3 is 14.4 Å². The van der Waals surface area contributed by atoms with E-state index in [-0.39, 0.29) is 23.8 Å². The van der Waals surface area contributed by atoms with Gasteiger partial charge in [-0.15, -0.1) is 0 Å². The first-order valence-corrected chi connectivity index (χ1v) is 12.0. The second-order valence-corrected chi connectivity index (χ2v) is 8.96. The van der Waals surface area contributed by atoms with Crippen LogP contribution in [-0.2, 0) is 26.9 Å². The second kappa shape index (κ2) is 11.3. The number of carbonyl (C=O) groups is 1. The largest absolute Gasteiger partial charge is 0.465 e. The number of aliphatic hydroxyl groups is 1. The van der Waals surface area contributed by atoms with Crippen molar-refractivity contribution in [2.45, 2.75) is 31.4 Å². The molecule has 1 heterocycles. The van der Waals surface area contributed by atoms with Gasteiger partial charge in [-0.2, -0.15) is 0 Å². The number of aliphatic hydroxyl groups excluding tert-OH is 1. The summed E-state index contributed by atoms with van der Waals surface area (Å²) >= 11 is 0. The lowest BCUT2D eigenvalue weighted by Crippen LogP contribution is -2.18. The number of hydrogen-bond acceptors (Lipinski definition) is 5. The van der Waals surface area contributed by atoms with Gasteiger partial charge in [-0.1, -0.05) is 18.7 Å². The average Bonchev–Trinajstić information content (AvgIpc) is 3.09. The fourth-order valence-electron chi connectivity index (χ4n) is 3.92. The molecule has 0 saturated carbocycles. The minimum Gasteiger partial charge on any atom is -0.465 e. The first kappa shape index (κ1) is 26.2. The molecule has 1 N–H and O–H groups in total. The summed E-state index contributed by atoms with van der Waals surface area (Å²) in [4.78, 5) is 16.7. The van der Waals surface area contributed by atoms with Crippen molar-refractivity contribution in [3.05, 3.63) is 89.7 Å². The van der Waals surface area contributed by atoms with Crippen LogP contribution in [0.5, 0.6) is 0 Å². The molecule has 0 aliphatic carbocycles. The summed E-state index contributed by atoms with van der Waals surface area (Å²) in [5.74, 6) is -1.48. The average molecular weight is 501 g/mol. The molecule has 184 valence electrons. The number of ether oxygens (including phenoxy) is 1. The minimum absolute atomic E-state index is 0.0473. The molecule has 0 fully saturated rings. The summed E-state index contributed by atoms with van der Waals surface area (Å²) in [5.41, 5.74) is 1.53. The van der Waals surface area contributed by atoms with Gasteiger partial charge in [-0.05, 0) is 56.3 Å². The highest BCUT2D eigenvalue weighted by molar-refractivity contribution is 8.01. The van der Waals surface area contributed by atoms with Crippen LogP contribution in [0.25, 0.3) is 10.9 Å². The summed E-state index contributed by atoms with van der Waals surface area (Å²) in [6.07, 6.45) is 1.50. The maximum absolute atomic E-state index is 14.2. The molecule has 2 atom stereocenters. The minimum atomic E-state index is -1.85. The fourth-order valence-corrected chi connectivity index (χ4v) is 5.08. The molecule has 35 heavy (non-hydrogen) atoms. The monoisotopic (exact) mass is 500 g/mol. The van der Waals surface area contributed by atoms with Gasteiger partial charge in [0.1, 0.15) is 40.1 Å². The highest BCUT2D eigenvalue weighted by Crippen LogP contribution is 2.36. The molecule has 0 saturated heterocycles. The first-order valence-electron chi connectivity index (χ1n) is 10.8. The number of halogens is 2. The molecule has 2 aromatic carbocycles. The maximum Gasteiger partial charge on any atom is 0.325 e. The number of fused-ring (bicyclic) bond motifs is 1. The quantitative estimate of drug-likeness (QED) is 0.209. The van der Waals surface area contributed by atoms with E-state index >= 15 is 0 Å². The molecule has 1 aromatic heterocycles. The van der Waals surface area contributed by atoms with Crippen LogP contribution in [0.2, 0.25) is 0 Å². The SMILES string of the molecule is C=C/C=C(\C(=NC)S(=O)c1ccc(F)cc1)C(O)c1c(C)n(CC(=O)OCC)c2ccc(F)cc12. The van der Waals surface area contributed by atoms with Gasteiger partial charge in [0.05, 0.1) is 6.61 Å². The van der Waals surface area contributed by atoms with Crippen molar-refractivity contribution in [3.8, 4) is 0 Å². The number of esters is 1. The van der Waals surface area contributed by atoms with Crippen molar-refractivity contribution >= 4 is 32.7 Å². The van der Waals surface area contributed by atoms with Crippen LogP contribution >= 0.6 is 0 Å². The lowest BCUT2D eigenvalue weighted by molar-refractivity contribution is -0.143. The molecule has 0 bridgehead atoms. The summed E-state index contributed by atoms with van der Waals surface area (Å²) in [6.45, 7) is 7.15. The van der Waals surface area contributed by atoms with Crippen molar-refractivity contribution < 1.29 is 27.6 Å². The topological polar surface area (TPSA) is 80.9 Å². The van der Waals surface area contributed by atoms with E-state index in [9.17, 15) is 22.9 Å². The van der Waals surface area contributed by atoms with Crippen molar-refractivity contribution in [1.29, 1.82) is 0 Å². The summed E-state index contributed by atoms with van der Waals surface area (Å²) in [5, 5.41) is 12.0. The molecule has 6 nitrogen and oxygen atoms in total. The second-order valence-electron chi connectivity index (χ2n) is 7.56. The smallest absolute Gasteiger partial charge is 0.325 e. The molecule has 0 amide bonds. The van der Waals surface area contributed by atoms with E-state index in [4.69, 9.17) is 4.74 Å². The van der Waals surface area contributed by atoms with Gasteiger partial charge in [0.25, 0.3) is 0 Å². The number of aliphatic imine (C=N–C) groups is 1. The van der Waals surface area contributed by atoms with Crippen molar-refractivity contribution in [2.24, 2.45) is 4.99 Å². The first-order chi connectivity index (χ1) is 16.7. The highest BCUT2D eigenvalue weighted by atomic mass is 32.2. The number of allylic oxidation sites excluding steroid dienone is 2. The molecular formula is C26H26F2N2O4S. The van der Waals surface area contributed by atoms with E-state index < -0.39 is 34.5 Å². The van der Waals surface area contributed by atoms with Crippen molar-refractivity contribution in [2.75, 3.05) is 13.7 Å². The Morgan fingerprint density at radius 2 is 1.89 bits per heavy atom. The zero-order valence-corrected chi connectivity index (χ0v) is 20.4. The molecule has 3 rings (SSSR count). The van der Waals surface area contributed by atoms with Gasteiger partial charge in [0.2, 0.25) is 0 Å². The summed E-state index contributed by atoms with van der Waals surface area (Å²) in [7, 11) is -0.425. The third kappa shape index (κ3) is 5.47. The van der Waals surface area contributed by atoms with E-state index in [1.807, 2.05) is 0 Å². The molecule has 9 heteroatoms. The van der Waals surface area contributed by atoms with Gasteiger partial charge in [-0.25, -0.2) is 13.0 Å². The predicted octanol–water partition coefficient (Wildman–Crippen LogP) is 4.77. The van der Waals surface area contributed by atoms with Gasteiger partial charge in [0, 0.05) is 39.7 Å². The number of benzene rings is 2. The fraction of sp³-hybridized carbons (Fsp3) is 0.231. The molecular weight excluding hydrogens is 474 g/mol. The molecule has 2 unspecified atom stereocenters. The lowest BCUT2D eigenvalue weighted by atomic mass is 9.98. The van der Waals surface area contributed by atoms with Crippen LogP contribution in [0, 0.1) is 18.6 Å². The Morgan fingerprint density at radius 1 is 1.23 bits per heavy atom. The Bertz CT molecular complexity index is 1340. The number of nitrogens with zero attached hydrogens (tertiary/aromatic N) is 2. The van der Waals surface area contributed by atoms with Gasteiger partial charge in [0.15, 0.2) is 0 Å². The summed E-state index contributed by atoms with van der Waals surface area (Å²) in [6, 6.07) is 9.18. The Balaban J connectivity index is 2.15. The van der Waals surface area contributed by atoms with Crippen LogP contribution in [0.4, 0.5) is 8.78 Å². The Kier molecular flexibility index (Phi) is 8.48. The van der Waals surface area contributed by atoms with E-state index in [1.165, 1.54) is 61.7 Å². The standard InChI is InChI=1S/C26H26F2N2O4S/c1-5-7-20(26(29-4)35(33)19-11-8-17(27)9-12-19)25(32)24-16(3)30(15-23(31)34-6-2)22-13-10-18(28)14-21(22)24/h5,7-14,25,32H,1,6,15H2,2-4H3/b20-7-,29-26?. The Hall–Kier alpha value is -3.43. The van der Waals surface area contributed by atoms with Crippen LogP contribution in [0.15, 0.2) is 76.7 Å². The Morgan fingerprint density at radius 3 is 2.49 bits per heavy atom. The third-order valence-corrected chi connectivity index (χ3v) is 6.92. The summed E-state index contributed by atoms with van der Waals surface area (Å²) < 4.78 is 47.6. The number of rotatable bonds is 8. The zero-order valence-electron chi connectivity index (χ0n) is 19.6. The van der Waals surface area contributed by atoms with Gasteiger partial charge in [-0.3, -0.25) is 9.79 Å². The normalized spacial score (nSPS) is 14.1. The van der Waals surface area contributed by atoms with E-state index in [1.54, 1.807) is 18.4 Å². The molecule has 0 aliphatic heterocycles. The number of carbonyl (C=O) groups excluding carboxylic acids is 1. The van der Waals surface area contributed by atoms with E-state index in [0.717, 1.165) is 0 Å². The number of hydrogen-bond donors (Lipinski definition) is 1. The highest BCUT2D eigenvalue weighted by Gasteiger charge is 2.29. The lowest BCUT2D eigenvalue weighted by Gasteiger charge is -2.18. The van der Waals surface area contributed by atoms with Crippen molar-refractivity contribution in [1.82, 2.24) is 4.57 Å². The molecule has 3 aromatic rings. The predicted molar refractivity (Wildman–Crippen MR) is 133 cm³/mol. The zero-order chi connectivity index (χ0) is 25.7. The van der Waals surface area contributed by atoms with Crippen LogP contribution in [0.3, 0.4) is 0 Å². The van der Waals surface area contributed by atoms with Crippen LogP contribution < -0.4 is 0 Å². The molecule has 0 spiro atoms. The third-order valence-electron chi connectivity index (χ3n) is 5.45. The van der Waals surface area contributed by atoms with E-state index in [2.05, 4.69) is 11.6 Å². The van der Waals surface area contributed by atoms with Crippen molar-refractivity contribution in [3.63, 3.8) is 0 Å². The molecule has 0 aliphatic rings. The Labute approximate surface area is 204 Å². The van der Waals surface area contributed by atoms with Gasteiger partial charge >= 0.3 is 5.97 Å². The van der Waals surface area contributed by atoms with E-state index in [0.29, 0.717) is 27.1 Å².